The number of hydrogen-bond donors (Lipinski definition) is 1. The van der Waals surface area contributed by atoms with Crippen molar-refractivity contribution in [1.82, 2.24) is 0 Å². The highest BCUT2D eigenvalue weighted by atomic mass is 16.6. The molecule has 23 heavy (non-hydrogen) atoms. The summed E-state index contributed by atoms with van der Waals surface area (Å²) in [4.78, 5) is 25.8. The molecule has 0 aromatic heterocycles. The number of nitro groups is 1. The van der Waals surface area contributed by atoms with Crippen LogP contribution in [0.15, 0.2) is 42.5 Å². The Morgan fingerprint density at radius 1 is 1.04 bits per heavy atom. The second-order valence-corrected chi connectivity index (χ2v) is 5.23. The number of carbonyl (C=O) groups excluding carboxylic acids is 1. The molecule has 0 fully saturated rings. The van der Waals surface area contributed by atoms with Crippen molar-refractivity contribution in [2.75, 3.05) is 30.9 Å². The van der Waals surface area contributed by atoms with Crippen LogP contribution in [0.4, 0.5) is 17.1 Å². The normalized spacial score (nSPS) is 10.2. The molecule has 0 radical (unpaired) electrons. The number of aromatic hydroxyl groups is 1. The summed E-state index contributed by atoms with van der Waals surface area (Å²) in [5.74, 6) is -0.865. The van der Waals surface area contributed by atoms with E-state index in [0.29, 0.717) is 5.69 Å². The minimum absolute atomic E-state index is 0.00906. The first-order valence-corrected chi connectivity index (χ1v) is 6.84. The fourth-order valence-corrected chi connectivity index (χ4v) is 2.09. The molecule has 0 unspecified atom stereocenters. The van der Waals surface area contributed by atoms with Crippen molar-refractivity contribution >= 4 is 23.0 Å². The van der Waals surface area contributed by atoms with Crippen LogP contribution >= 0.6 is 0 Å². The van der Waals surface area contributed by atoms with E-state index in [-0.39, 0.29) is 11.3 Å². The molecular formula is C16H17N3O4. The van der Waals surface area contributed by atoms with Gasteiger partial charge in [-0.05, 0) is 30.3 Å². The molecule has 0 atom stereocenters. The molecule has 0 saturated heterocycles. The van der Waals surface area contributed by atoms with Gasteiger partial charge in [0.15, 0.2) is 0 Å². The number of nitrogens with zero attached hydrogens (tertiary/aromatic N) is 3. The maximum absolute atomic E-state index is 12.5. The molecule has 7 heteroatoms. The van der Waals surface area contributed by atoms with Crippen molar-refractivity contribution in [2.24, 2.45) is 0 Å². The quantitative estimate of drug-likeness (QED) is 0.692. The summed E-state index contributed by atoms with van der Waals surface area (Å²) >= 11 is 0. The Morgan fingerprint density at radius 3 is 2.09 bits per heavy atom. The number of phenolic OH excluding ortho intramolecular Hbond substituents is 1. The average Bonchev–Trinajstić information content (AvgIpc) is 2.53. The summed E-state index contributed by atoms with van der Waals surface area (Å²) in [7, 11) is 5.41. The minimum Gasteiger partial charge on any atom is -0.507 e. The number of anilines is 2. The highest BCUT2D eigenvalue weighted by molar-refractivity contribution is 6.07. The van der Waals surface area contributed by atoms with Gasteiger partial charge in [0.05, 0.1) is 16.6 Å². The second kappa shape index (κ2) is 6.35. The maximum atomic E-state index is 12.5. The van der Waals surface area contributed by atoms with Crippen molar-refractivity contribution < 1.29 is 14.8 Å². The third kappa shape index (κ3) is 3.39. The molecule has 0 saturated carbocycles. The van der Waals surface area contributed by atoms with Gasteiger partial charge in [-0.3, -0.25) is 14.9 Å². The van der Waals surface area contributed by atoms with Gasteiger partial charge in [0.25, 0.3) is 11.6 Å². The van der Waals surface area contributed by atoms with Crippen LogP contribution in [0.3, 0.4) is 0 Å². The molecule has 0 aliphatic carbocycles. The highest BCUT2D eigenvalue weighted by Gasteiger charge is 2.19. The third-order valence-electron chi connectivity index (χ3n) is 3.48. The second-order valence-electron chi connectivity index (χ2n) is 5.23. The molecule has 0 aliphatic heterocycles. The van der Waals surface area contributed by atoms with Crippen LogP contribution in [0, 0.1) is 10.1 Å². The molecule has 7 nitrogen and oxygen atoms in total. The van der Waals surface area contributed by atoms with Gasteiger partial charge >= 0.3 is 0 Å². The Kier molecular flexibility index (Phi) is 4.49. The number of carbonyl (C=O) groups is 1. The first-order valence-electron chi connectivity index (χ1n) is 6.84. The van der Waals surface area contributed by atoms with Gasteiger partial charge in [0.1, 0.15) is 5.75 Å². The van der Waals surface area contributed by atoms with Crippen molar-refractivity contribution in [1.29, 1.82) is 0 Å². The molecule has 0 aliphatic rings. The van der Waals surface area contributed by atoms with E-state index in [2.05, 4.69) is 0 Å². The van der Waals surface area contributed by atoms with Crippen LogP contribution in [0.25, 0.3) is 0 Å². The van der Waals surface area contributed by atoms with E-state index in [9.17, 15) is 20.0 Å². The largest absolute Gasteiger partial charge is 0.507 e. The van der Waals surface area contributed by atoms with Gasteiger partial charge in [-0.2, -0.15) is 0 Å². The zero-order valence-electron chi connectivity index (χ0n) is 13.1. The summed E-state index contributed by atoms with van der Waals surface area (Å²) < 4.78 is 0. The summed E-state index contributed by atoms with van der Waals surface area (Å²) in [5.41, 5.74) is 1.39. The Balaban J connectivity index is 2.27. The van der Waals surface area contributed by atoms with E-state index in [1.807, 2.05) is 31.1 Å². The topological polar surface area (TPSA) is 86.9 Å². The Morgan fingerprint density at radius 2 is 1.61 bits per heavy atom. The highest BCUT2D eigenvalue weighted by Crippen LogP contribution is 2.26. The molecular weight excluding hydrogens is 298 g/mol. The van der Waals surface area contributed by atoms with Gasteiger partial charge in [-0.1, -0.05) is 0 Å². The minimum atomic E-state index is -0.627. The van der Waals surface area contributed by atoms with Gasteiger partial charge < -0.3 is 14.9 Å². The lowest BCUT2D eigenvalue weighted by atomic mass is 10.1. The zero-order chi connectivity index (χ0) is 17.1. The van der Waals surface area contributed by atoms with Gasteiger partial charge in [-0.15, -0.1) is 0 Å². The van der Waals surface area contributed by atoms with Crippen molar-refractivity contribution in [3.05, 3.63) is 58.1 Å². The molecule has 1 N–H and O–H groups in total. The summed E-state index contributed by atoms with van der Waals surface area (Å²) in [6.45, 7) is 0. The van der Waals surface area contributed by atoms with Gasteiger partial charge in [0, 0.05) is 38.6 Å². The fraction of sp³-hybridized carbons (Fsp3) is 0.188. The summed E-state index contributed by atoms with van der Waals surface area (Å²) in [6, 6.07) is 10.7. The van der Waals surface area contributed by atoms with E-state index in [0.717, 1.165) is 11.8 Å². The molecule has 1 amide bonds. The molecule has 0 spiro atoms. The fourth-order valence-electron chi connectivity index (χ4n) is 2.09. The lowest BCUT2D eigenvalue weighted by molar-refractivity contribution is -0.384. The summed E-state index contributed by atoms with van der Waals surface area (Å²) in [5, 5.41) is 20.5. The molecule has 0 heterocycles. The molecule has 120 valence electrons. The first-order chi connectivity index (χ1) is 10.8. The van der Waals surface area contributed by atoms with Crippen LogP contribution in [-0.4, -0.2) is 37.1 Å². The van der Waals surface area contributed by atoms with E-state index in [1.54, 1.807) is 19.2 Å². The predicted molar refractivity (Wildman–Crippen MR) is 88.3 cm³/mol. The van der Waals surface area contributed by atoms with Crippen LogP contribution in [0.1, 0.15) is 10.4 Å². The molecule has 0 bridgehead atoms. The molecule has 2 rings (SSSR count). The molecule has 2 aromatic carbocycles. The maximum Gasteiger partial charge on any atom is 0.273 e. The van der Waals surface area contributed by atoms with Crippen molar-refractivity contribution in [2.45, 2.75) is 0 Å². The van der Waals surface area contributed by atoms with E-state index >= 15 is 0 Å². The average molecular weight is 315 g/mol. The standard InChI is InChI=1S/C16H17N3O4/c1-17(2)11-4-6-12(7-5-11)18(3)16(21)14-9-8-13(19(22)23)10-15(14)20/h4-10,20H,1-3H3. The van der Waals surface area contributed by atoms with Gasteiger partial charge in [-0.25, -0.2) is 0 Å². The van der Waals surface area contributed by atoms with E-state index in [4.69, 9.17) is 0 Å². The van der Waals surface area contributed by atoms with Crippen molar-refractivity contribution in [3.8, 4) is 5.75 Å². The number of non-ortho nitro benzene ring substituents is 1. The Bertz CT molecular complexity index is 741. The monoisotopic (exact) mass is 315 g/mol. The van der Waals surface area contributed by atoms with Crippen molar-refractivity contribution in [3.63, 3.8) is 0 Å². The first kappa shape index (κ1) is 16.3. The lowest BCUT2D eigenvalue weighted by Gasteiger charge is -2.19. The SMILES string of the molecule is CN(C)c1ccc(N(C)C(=O)c2ccc([N+](=O)[O-])cc2O)cc1. The van der Waals surface area contributed by atoms with E-state index < -0.39 is 16.6 Å². The number of nitro benzene ring substituents is 1. The van der Waals surface area contributed by atoms with Gasteiger partial charge in [0.2, 0.25) is 0 Å². The molecule has 2 aromatic rings. The Hall–Kier alpha value is -3.09. The number of hydrogen-bond acceptors (Lipinski definition) is 5. The van der Waals surface area contributed by atoms with Crippen LogP contribution in [0.5, 0.6) is 5.75 Å². The number of benzene rings is 2. The number of amides is 1. The predicted octanol–water partition coefficient (Wildman–Crippen LogP) is 2.64. The smallest absolute Gasteiger partial charge is 0.273 e. The number of phenols is 1. The Labute approximate surface area is 133 Å². The summed E-state index contributed by atoms with van der Waals surface area (Å²) in [6.07, 6.45) is 0. The zero-order valence-corrected chi connectivity index (χ0v) is 13.1. The van der Waals surface area contributed by atoms with Crippen LogP contribution in [0.2, 0.25) is 0 Å². The van der Waals surface area contributed by atoms with E-state index in [1.165, 1.54) is 17.0 Å². The van der Waals surface area contributed by atoms with Crippen LogP contribution < -0.4 is 9.80 Å². The lowest BCUT2D eigenvalue weighted by Crippen LogP contribution is -2.26. The van der Waals surface area contributed by atoms with Crippen LogP contribution in [-0.2, 0) is 0 Å². The number of rotatable bonds is 4. The third-order valence-corrected chi connectivity index (χ3v) is 3.48.